The molecule has 3 aromatic carbocycles. The summed E-state index contributed by atoms with van der Waals surface area (Å²) in [5, 5.41) is 4.88. The van der Waals surface area contributed by atoms with Gasteiger partial charge in [-0.15, -0.1) is 0 Å². The van der Waals surface area contributed by atoms with Crippen molar-refractivity contribution in [2.45, 2.75) is 0 Å². The number of aromatic nitrogens is 2. The van der Waals surface area contributed by atoms with Gasteiger partial charge in [0.05, 0.1) is 11.2 Å². The first-order valence-corrected chi connectivity index (χ1v) is 9.05. The molecule has 2 nitrogen and oxygen atoms in total. The largest absolute Gasteiger partial charge is 0.328 e. The average molecular weight is 387 g/mol. The highest BCUT2D eigenvalue weighted by Gasteiger charge is 2.16. The van der Waals surface area contributed by atoms with Crippen LogP contribution < -0.4 is 0 Å². The third kappa shape index (κ3) is 2.12. The van der Waals surface area contributed by atoms with Gasteiger partial charge in [0.25, 0.3) is 0 Å². The Hall–Kier alpha value is -2.65. The van der Waals surface area contributed by atoms with E-state index in [0.717, 1.165) is 21.4 Å². The number of nitrogens with zero attached hydrogens (tertiary/aromatic N) is 2. The van der Waals surface area contributed by atoms with E-state index in [1.54, 1.807) is 0 Å². The zero-order valence-corrected chi connectivity index (χ0v) is 15.3. The van der Waals surface area contributed by atoms with E-state index >= 15 is 0 Å². The van der Waals surface area contributed by atoms with Crippen LogP contribution >= 0.6 is 15.9 Å². The number of hydrogen-bond donors (Lipinski definition) is 0. The predicted molar refractivity (Wildman–Crippen MR) is 109 cm³/mol. The van der Waals surface area contributed by atoms with Crippen molar-refractivity contribution in [1.82, 2.24) is 9.55 Å². The van der Waals surface area contributed by atoms with Gasteiger partial charge in [0.2, 0.25) is 0 Å². The molecule has 120 valence electrons. The SMILES string of the molecule is Cn1c2ccccc2c2c3ccc(Br)cc3c(-c3ccccc3)nc21. The number of halogens is 1. The first-order chi connectivity index (χ1) is 12.2. The molecule has 0 saturated heterocycles. The molecule has 3 heteroatoms. The van der Waals surface area contributed by atoms with E-state index in [9.17, 15) is 0 Å². The number of benzene rings is 3. The molecular weight excluding hydrogens is 372 g/mol. The van der Waals surface area contributed by atoms with Gasteiger partial charge in [0.15, 0.2) is 0 Å². The van der Waals surface area contributed by atoms with Gasteiger partial charge < -0.3 is 4.57 Å². The number of fused-ring (bicyclic) bond motifs is 5. The van der Waals surface area contributed by atoms with Gasteiger partial charge in [0.1, 0.15) is 5.65 Å². The zero-order chi connectivity index (χ0) is 17.0. The second kappa shape index (κ2) is 5.43. The van der Waals surface area contributed by atoms with Crippen molar-refractivity contribution in [3.05, 3.63) is 77.3 Å². The fourth-order valence-electron chi connectivity index (χ4n) is 3.69. The van der Waals surface area contributed by atoms with E-state index in [1.165, 1.54) is 27.1 Å². The van der Waals surface area contributed by atoms with Crippen LogP contribution in [-0.2, 0) is 7.05 Å². The maximum Gasteiger partial charge on any atom is 0.142 e. The molecule has 2 heterocycles. The molecule has 0 fully saturated rings. The van der Waals surface area contributed by atoms with E-state index in [4.69, 9.17) is 4.98 Å². The molecule has 0 radical (unpaired) electrons. The van der Waals surface area contributed by atoms with Gasteiger partial charge in [-0.25, -0.2) is 4.98 Å². The van der Waals surface area contributed by atoms with Crippen LogP contribution in [0.4, 0.5) is 0 Å². The van der Waals surface area contributed by atoms with Crippen molar-refractivity contribution in [3.8, 4) is 11.3 Å². The van der Waals surface area contributed by atoms with Gasteiger partial charge >= 0.3 is 0 Å². The molecule has 0 N–H and O–H groups in total. The Bertz CT molecular complexity index is 1250. The third-order valence-corrected chi connectivity index (χ3v) is 5.34. The van der Waals surface area contributed by atoms with Crippen molar-refractivity contribution < 1.29 is 0 Å². The molecule has 5 rings (SSSR count). The molecule has 0 saturated carbocycles. The number of rotatable bonds is 1. The summed E-state index contributed by atoms with van der Waals surface area (Å²) in [5.74, 6) is 0. The lowest BCUT2D eigenvalue weighted by molar-refractivity contribution is 0.992. The summed E-state index contributed by atoms with van der Waals surface area (Å²) in [4.78, 5) is 5.09. The summed E-state index contributed by atoms with van der Waals surface area (Å²) in [6, 6.07) is 25.4. The molecule has 2 aromatic heterocycles. The molecule has 0 aliphatic rings. The van der Waals surface area contributed by atoms with E-state index in [2.05, 4.69) is 94.3 Å². The van der Waals surface area contributed by atoms with Crippen molar-refractivity contribution in [2.75, 3.05) is 0 Å². The molecule has 0 spiro atoms. The highest BCUT2D eigenvalue weighted by atomic mass is 79.9. The van der Waals surface area contributed by atoms with E-state index in [0.29, 0.717) is 0 Å². The highest BCUT2D eigenvalue weighted by Crippen LogP contribution is 2.38. The second-order valence-corrected chi connectivity index (χ2v) is 7.21. The summed E-state index contributed by atoms with van der Waals surface area (Å²) >= 11 is 3.63. The molecular formula is C22H15BrN2. The minimum absolute atomic E-state index is 1.02. The summed E-state index contributed by atoms with van der Waals surface area (Å²) in [7, 11) is 2.09. The number of aryl methyl sites for hydroxylation is 1. The second-order valence-electron chi connectivity index (χ2n) is 6.29. The summed E-state index contributed by atoms with van der Waals surface area (Å²) in [6.07, 6.45) is 0. The fraction of sp³-hybridized carbons (Fsp3) is 0.0455. The highest BCUT2D eigenvalue weighted by molar-refractivity contribution is 9.10. The van der Waals surface area contributed by atoms with Crippen LogP contribution in [-0.4, -0.2) is 9.55 Å². The van der Waals surface area contributed by atoms with E-state index < -0.39 is 0 Å². The van der Waals surface area contributed by atoms with Crippen LogP contribution in [0.1, 0.15) is 0 Å². The quantitative estimate of drug-likeness (QED) is 0.330. The number of pyridine rings is 1. The first-order valence-electron chi connectivity index (χ1n) is 8.26. The molecule has 5 aromatic rings. The van der Waals surface area contributed by atoms with Gasteiger partial charge in [-0.3, -0.25) is 0 Å². The third-order valence-electron chi connectivity index (χ3n) is 4.85. The lowest BCUT2D eigenvalue weighted by Crippen LogP contribution is -1.93. The molecule has 0 aliphatic heterocycles. The molecule has 0 unspecified atom stereocenters. The summed E-state index contributed by atoms with van der Waals surface area (Å²) < 4.78 is 3.26. The molecule has 25 heavy (non-hydrogen) atoms. The Morgan fingerprint density at radius 3 is 2.40 bits per heavy atom. The monoisotopic (exact) mass is 386 g/mol. The molecule has 0 atom stereocenters. The average Bonchev–Trinajstić information content (AvgIpc) is 2.94. The van der Waals surface area contributed by atoms with Crippen LogP contribution in [0.3, 0.4) is 0 Å². The van der Waals surface area contributed by atoms with Gasteiger partial charge in [0, 0.05) is 33.2 Å². The van der Waals surface area contributed by atoms with Crippen molar-refractivity contribution in [3.63, 3.8) is 0 Å². The van der Waals surface area contributed by atoms with Crippen LogP contribution in [0.5, 0.6) is 0 Å². The van der Waals surface area contributed by atoms with Gasteiger partial charge in [-0.2, -0.15) is 0 Å². The maximum absolute atomic E-state index is 5.09. The van der Waals surface area contributed by atoms with Crippen LogP contribution in [0.2, 0.25) is 0 Å². The van der Waals surface area contributed by atoms with Crippen molar-refractivity contribution in [2.24, 2.45) is 7.05 Å². The van der Waals surface area contributed by atoms with Crippen molar-refractivity contribution >= 4 is 48.6 Å². The Labute approximate surface area is 153 Å². The summed E-state index contributed by atoms with van der Waals surface area (Å²) in [6.45, 7) is 0. The smallest absolute Gasteiger partial charge is 0.142 e. The molecule has 0 bridgehead atoms. The Balaban J connectivity index is 2.06. The Kier molecular flexibility index (Phi) is 3.19. The minimum Gasteiger partial charge on any atom is -0.328 e. The normalized spacial score (nSPS) is 11.6. The van der Waals surface area contributed by atoms with Crippen LogP contribution in [0.25, 0.3) is 44.0 Å². The summed E-state index contributed by atoms with van der Waals surface area (Å²) in [5.41, 5.74) is 4.39. The first kappa shape index (κ1) is 14.7. The lowest BCUT2D eigenvalue weighted by Gasteiger charge is -2.09. The number of hydrogen-bond acceptors (Lipinski definition) is 1. The lowest BCUT2D eigenvalue weighted by atomic mass is 10.0. The van der Waals surface area contributed by atoms with Crippen LogP contribution in [0.15, 0.2) is 77.3 Å². The minimum atomic E-state index is 1.02. The van der Waals surface area contributed by atoms with Crippen LogP contribution in [0, 0.1) is 0 Å². The molecule has 0 amide bonds. The Morgan fingerprint density at radius 1 is 0.800 bits per heavy atom. The topological polar surface area (TPSA) is 17.8 Å². The van der Waals surface area contributed by atoms with Gasteiger partial charge in [-0.1, -0.05) is 70.5 Å². The van der Waals surface area contributed by atoms with E-state index in [1.807, 2.05) is 6.07 Å². The Morgan fingerprint density at radius 2 is 1.56 bits per heavy atom. The van der Waals surface area contributed by atoms with Crippen molar-refractivity contribution in [1.29, 1.82) is 0 Å². The maximum atomic E-state index is 5.09. The number of para-hydroxylation sites is 1. The van der Waals surface area contributed by atoms with E-state index in [-0.39, 0.29) is 0 Å². The fourth-order valence-corrected chi connectivity index (χ4v) is 4.05. The molecule has 0 aliphatic carbocycles. The zero-order valence-electron chi connectivity index (χ0n) is 13.7. The van der Waals surface area contributed by atoms with Gasteiger partial charge in [-0.05, 0) is 23.6 Å². The standard InChI is InChI=1S/C22H15BrN2/c1-25-19-10-6-5-9-17(19)20-16-12-11-15(23)13-18(16)21(24-22(20)25)14-7-3-2-4-8-14/h2-13H,1H3. The predicted octanol–water partition coefficient (Wildman–Crippen LogP) is 6.31.